The molecule has 1 unspecified atom stereocenters. The van der Waals surface area contributed by atoms with Crippen molar-refractivity contribution in [1.29, 1.82) is 0 Å². The predicted octanol–water partition coefficient (Wildman–Crippen LogP) is 4.22. The highest BCUT2D eigenvalue weighted by Gasteiger charge is 2.19. The van der Waals surface area contributed by atoms with Crippen molar-refractivity contribution in [3.05, 3.63) is 58.6 Å². The average Bonchev–Trinajstić information content (AvgIpc) is 2.52. The summed E-state index contributed by atoms with van der Waals surface area (Å²) in [4.78, 5) is 0. The minimum Gasteiger partial charge on any atom is -0.496 e. The van der Waals surface area contributed by atoms with Crippen LogP contribution in [0.2, 0.25) is 5.02 Å². The number of benzene rings is 2. The SMILES string of the molecule is CCCOc1ccccc1C(O)c1cc(Cl)ccc1OC. The van der Waals surface area contributed by atoms with E-state index in [0.717, 1.165) is 6.42 Å². The lowest BCUT2D eigenvalue weighted by molar-refractivity contribution is 0.206. The van der Waals surface area contributed by atoms with E-state index in [-0.39, 0.29) is 0 Å². The highest BCUT2D eigenvalue weighted by atomic mass is 35.5. The normalized spacial score (nSPS) is 12.0. The lowest BCUT2D eigenvalue weighted by atomic mass is 10.00. The standard InChI is InChI=1S/C17H19ClO3/c1-3-10-21-16-7-5-4-6-13(16)17(19)14-11-12(18)8-9-15(14)20-2/h4-9,11,17,19H,3,10H2,1-2H3. The fourth-order valence-corrected chi connectivity index (χ4v) is 2.32. The number of rotatable bonds is 6. The van der Waals surface area contributed by atoms with E-state index in [1.54, 1.807) is 25.3 Å². The van der Waals surface area contributed by atoms with Gasteiger partial charge in [0, 0.05) is 16.1 Å². The first-order valence-corrected chi connectivity index (χ1v) is 7.28. The van der Waals surface area contributed by atoms with E-state index in [1.165, 1.54) is 0 Å². The van der Waals surface area contributed by atoms with Crippen LogP contribution in [0.5, 0.6) is 11.5 Å². The van der Waals surface area contributed by atoms with Crippen LogP contribution in [0.3, 0.4) is 0 Å². The summed E-state index contributed by atoms with van der Waals surface area (Å²) in [6.45, 7) is 2.65. The van der Waals surface area contributed by atoms with Crippen molar-refractivity contribution in [3.8, 4) is 11.5 Å². The first kappa shape index (κ1) is 15.7. The third-order valence-corrected chi connectivity index (χ3v) is 3.40. The summed E-state index contributed by atoms with van der Waals surface area (Å²) in [5, 5.41) is 11.2. The summed E-state index contributed by atoms with van der Waals surface area (Å²) >= 11 is 6.03. The van der Waals surface area contributed by atoms with Gasteiger partial charge in [-0.3, -0.25) is 0 Å². The Kier molecular flexibility index (Phi) is 5.48. The summed E-state index contributed by atoms with van der Waals surface area (Å²) in [5.74, 6) is 1.27. The lowest BCUT2D eigenvalue weighted by Crippen LogP contribution is -2.06. The van der Waals surface area contributed by atoms with Crippen LogP contribution < -0.4 is 9.47 Å². The number of hydrogen-bond acceptors (Lipinski definition) is 3. The Morgan fingerprint density at radius 2 is 1.86 bits per heavy atom. The maximum absolute atomic E-state index is 10.7. The quantitative estimate of drug-likeness (QED) is 0.868. The molecule has 0 heterocycles. The van der Waals surface area contributed by atoms with Crippen molar-refractivity contribution in [2.45, 2.75) is 19.4 Å². The van der Waals surface area contributed by atoms with Crippen molar-refractivity contribution in [1.82, 2.24) is 0 Å². The summed E-state index contributed by atoms with van der Waals surface area (Å²) in [6, 6.07) is 12.6. The molecule has 4 heteroatoms. The topological polar surface area (TPSA) is 38.7 Å². The van der Waals surface area contributed by atoms with Gasteiger partial charge in [-0.2, -0.15) is 0 Å². The summed E-state index contributed by atoms with van der Waals surface area (Å²) in [7, 11) is 1.57. The molecule has 1 N–H and O–H groups in total. The molecule has 0 saturated heterocycles. The van der Waals surface area contributed by atoms with E-state index in [1.807, 2.05) is 31.2 Å². The largest absolute Gasteiger partial charge is 0.496 e. The molecule has 0 aromatic heterocycles. The second-order valence-electron chi connectivity index (χ2n) is 4.68. The summed E-state index contributed by atoms with van der Waals surface area (Å²) in [5.41, 5.74) is 1.32. The van der Waals surface area contributed by atoms with Gasteiger partial charge in [-0.1, -0.05) is 36.7 Å². The van der Waals surface area contributed by atoms with Gasteiger partial charge < -0.3 is 14.6 Å². The second-order valence-corrected chi connectivity index (χ2v) is 5.11. The maximum Gasteiger partial charge on any atom is 0.125 e. The van der Waals surface area contributed by atoms with Gasteiger partial charge in [0.05, 0.1) is 13.7 Å². The first-order valence-electron chi connectivity index (χ1n) is 6.90. The van der Waals surface area contributed by atoms with Crippen molar-refractivity contribution < 1.29 is 14.6 Å². The van der Waals surface area contributed by atoms with Gasteiger partial charge in [-0.15, -0.1) is 0 Å². The Bertz CT molecular complexity index is 598. The average molecular weight is 307 g/mol. The fourth-order valence-electron chi connectivity index (χ4n) is 2.14. The smallest absolute Gasteiger partial charge is 0.125 e. The number of hydrogen-bond donors (Lipinski definition) is 1. The van der Waals surface area contributed by atoms with Gasteiger partial charge in [0.15, 0.2) is 0 Å². The van der Waals surface area contributed by atoms with Gasteiger partial charge in [-0.05, 0) is 30.7 Å². The van der Waals surface area contributed by atoms with Crippen LogP contribution in [-0.2, 0) is 0 Å². The highest BCUT2D eigenvalue weighted by molar-refractivity contribution is 6.30. The molecule has 0 aliphatic heterocycles. The van der Waals surface area contributed by atoms with Gasteiger partial charge in [-0.25, -0.2) is 0 Å². The molecule has 0 spiro atoms. The number of para-hydroxylation sites is 1. The molecule has 0 bridgehead atoms. The fraction of sp³-hybridized carbons (Fsp3) is 0.294. The third kappa shape index (κ3) is 3.69. The number of ether oxygens (including phenoxy) is 2. The molecule has 0 saturated carbocycles. The van der Waals surface area contributed by atoms with Crippen molar-refractivity contribution in [2.75, 3.05) is 13.7 Å². The second kappa shape index (κ2) is 7.34. The van der Waals surface area contributed by atoms with Gasteiger partial charge in [0.1, 0.15) is 17.6 Å². The number of methoxy groups -OCH3 is 1. The molecular formula is C17H19ClO3. The highest BCUT2D eigenvalue weighted by Crippen LogP contribution is 2.36. The van der Waals surface area contributed by atoms with Crippen LogP contribution in [0.1, 0.15) is 30.6 Å². The minimum absolute atomic E-state index is 0.553. The van der Waals surface area contributed by atoms with E-state index < -0.39 is 6.10 Å². The van der Waals surface area contributed by atoms with E-state index in [9.17, 15) is 5.11 Å². The molecule has 0 amide bonds. The van der Waals surface area contributed by atoms with E-state index >= 15 is 0 Å². The molecular weight excluding hydrogens is 288 g/mol. The third-order valence-electron chi connectivity index (χ3n) is 3.16. The van der Waals surface area contributed by atoms with Gasteiger partial charge in [0.2, 0.25) is 0 Å². The van der Waals surface area contributed by atoms with Crippen molar-refractivity contribution >= 4 is 11.6 Å². The molecule has 2 aromatic carbocycles. The number of aliphatic hydroxyl groups is 1. The molecule has 3 nitrogen and oxygen atoms in total. The molecule has 0 aliphatic carbocycles. The monoisotopic (exact) mass is 306 g/mol. The first-order chi connectivity index (χ1) is 10.2. The molecule has 0 radical (unpaired) electrons. The van der Waals surface area contributed by atoms with Crippen molar-refractivity contribution in [3.63, 3.8) is 0 Å². The Morgan fingerprint density at radius 1 is 1.10 bits per heavy atom. The van der Waals surface area contributed by atoms with E-state index in [0.29, 0.717) is 34.3 Å². The van der Waals surface area contributed by atoms with Crippen LogP contribution in [0.15, 0.2) is 42.5 Å². The zero-order valence-corrected chi connectivity index (χ0v) is 12.9. The molecule has 1 atom stereocenters. The molecule has 2 aromatic rings. The molecule has 0 aliphatic rings. The molecule has 2 rings (SSSR count). The van der Waals surface area contributed by atoms with Crippen LogP contribution in [-0.4, -0.2) is 18.8 Å². The van der Waals surface area contributed by atoms with Crippen LogP contribution in [0, 0.1) is 0 Å². The minimum atomic E-state index is -0.855. The number of halogens is 1. The van der Waals surface area contributed by atoms with Crippen LogP contribution in [0.4, 0.5) is 0 Å². The summed E-state index contributed by atoms with van der Waals surface area (Å²) in [6.07, 6.45) is 0.0528. The Hall–Kier alpha value is -1.71. The lowest BCUT2D eigenvalue weighted by Gasteiger charge is -2.18. The Balaban J connectivity index is 2.40. The number of aliphatic hydroxyl groups excluding tert-OH is 1. The molecule has 112 valence electrons. The van der Waals surface area contributed by atoms with Crippen LogP contribution >= 0.6 is 11.6 Å². The molecule has 21 heavy (non-hydrogen) atoms. The van der Waals surface area contributed by atoms with Gasteiger partial charge >= 0.3 is 0 Å². The molecule has 0 fully saturated rings. The van der Waals surface area contributed by atoms with Gasteiger partial charge in [0.25, 0.3) is 0 Å². The summed E-state index contributed by atoms with van der Waals surface area (Å²) < 4.78 is 11.0. The zero-order valence-electron chi connectivity index (χ0n) is 12.2. The van der Waals surface area contributed by atoms with E-state index in [4.69, 9.17) is 21.1 Å². The Labute approximate surface area is 130 Å². The van der Waals surface area contributed by atoms with Crippen LogP contribution in [0.25, 0.3) is 0 Å². The maximum atomic E-state index is 10.7. The van der Waals surface area contributed by atoms with E-state index in [2.05, 4.69) is 0 Å². The zero-order chi connectivity index (χ0) is 15.2. The Morgan fingerprint density at radius 3 is 2.57 bits per heavy atom. The van der Waals surface area contributed by atoms with Crippen molar-refractivity contribution in [2.24, 2.45) is 0 Å². The predicted molar refractivity (Wildman–Crippen MR) is 84.3 cm³/mol.